The fourth-order valence-corrected chi connectivity index (χ4v) is 4.74. The molecule has 1 heterocycles. The molecule has 1 aromatic carbocycles. The Hall–Kier alpha value is -3.07. The Morgan fingerprint density at radius 1 is 1.13 bits per heavy atom. The van der Waals surface area contributed by atoms with Gasteiger partial charge in [0.2, 0.25) is 0 Å². The molecule has 1 fully saturated rings. The fourth-order valence-electron chi connectivity index (χ4n) is 4.74. The van der Waals surface area contributed by atoms with E-state index in [1.807, 2.05) is 26.0 Å². The van der Waals surface area contributed by atoms with Crippen molar-refractivity contribution in [3.05, 3.63) is 40.1 Å². The summed E-state index contributed by atoms with van der Waals surface area (Å²) in [6.07, 6.45) is 2.18. The third-order valence-electron chi connectivity index (χ3n) is 6.08. The second-order valence-corrected chi connectivity index (χ2v) is 8.35. The molecule has 30 heavy (non-hydrogen) atoms. The lowest BCUT2D eigenvalue weighted by molar-refractivity contribution is -0.137. The van der Waals surface area contributed by atoms with Crippen LogP contribution in [0.1, 0.15) is 61.8 Å². The van der Waals surface area contributed by atoms with Crippen LogP contribution in [0.5, 0.6) is 0 Å². The summed E-state index contributed by atoms with van der Waals surface area (Å²) in [5.74, 6) is 5.93. The predicted octanol–water partition coefficient (Wildman–Crippen LogP) is 3.47. The van der Waals surface area contributed by atoms with Gasteiger partial charge >= 0.3 is 12.0 Å². The number of ketones is 1. The van der Waals surface area contributed by atoms with Crippen LogP contribution in [0.4, 0.5) is 4.79 Å². The van der Waals surface area contributed by atoms with Crippen molar-refractivity contribution in [2.24, 2.45) is 11.1 Å². The predicted molar refractivity (Wildman–Crippen MR) is 114 cm³/mol. The van der Waals surface area contributed by atoms with Gasteiger partial charge in [0.15, 0.2) is 5.78 Å². The summed E-state index contributed by atoms with van der Waals surface area (Å²) in [5.41, 5.74) is 9.17. The second-order valence-electron chi connectivity index (χ2n) is 8.35. The van der Waals surface area contributed by atoms with Gasteiger partial charge in [0.05, 0.1) is 5.57 Å². The number of primary amides is 1. The summed E-state index contributed by atoms with van der Waals surface area (Å²) in [5, 5.41) is 0. The van der Waals surface area contributed by atoms with Gasteiger partial charge in [0, 0.05) is 38.4 Å². The number of aryl methyl sites for hydroxylation is 2. The molecule has 1 aliphatic carbocycles. The smallest absolute Gasteiger partial charge is 0.314 e. The number of Topliss-reactive ketones (excluding diaryl/α,β-unsaturated/α-hetero) is 1. The van der Waals surface area contributed by atoms with E-state index in [1.54, 1.807) is 11.8 Å². The summed E-state index contributed by atoms with van der Waals surface area (Å²) in [4.78, 5) is 38.3. The highest BCUT2D eigenvalue weighted by molar-refractivity contribution is 6.23. The lowest BCUT2D eigenvalue weighted by Crippen LogP contribution is -2.47. The molecule has 1 saturated heterocycles. The quantitative estimate of drug-likeness (QED) is 0.599. The number of likely N-dealkylation sites (tertiary alicyclic amines) is 1. The Labute approximate surface area is 177 Å². The molecule has 6 nitrogen and oxygen atoms in total. The molecule has 0 bridgehead atoms. The number of amides is 2. The van der Waals surface area contributed by atoms with E-state index in [4.69, 9.17) is 10.5 Å². The Morgan fingerprint density at radius 3 is 2.23 bits per heavy atom. The lowest BCUT2D eigenvalue weighted by atomic mass is 9.66. The first-order valence-electron chi connectivity index (χ1n) is 10.2. The maximum atomic E-state index is 13.4. The molecule has 2 N–H and O–H groups in total. The summed E-state index contributed by atoms with van der Waals surface area (Å²) in [6.45, 7) is 8.05. The van der Waals surface area contributed by atoms with E-state index < -0.39 is 12.0 Å². The van der Waals surface area contributed by atoms with Gasteiger partial charge in [-0.1, -0.05) is 5.92 Å². The Balaban J connectivity index is 2.05. The van der Waals surface area contributed by atoms with E-state index in [-0.39, 0.29) is 11.2 Å². The third-order valence-corrected chi connectivity index (χ3v) is 6.08. The van der Waals surface area contributed by atoms with E-state index >= 15 is 0 Å². The van der Waals surface area contributed by atoms with Crippen molar-refractivity contribution in [1.82, 2.24) is 4.90 Å². The highest BCUT2D eigenvalue weighted by Crippen LogP contribution is 2.48. The van der Waals surface area contributed by atoms with Crippen LogP contribution in [0, 0.1) is 31.1 Å². The first kappa shape index (κ1) is 21.6. The van der Waals surface area contributed by atoms with Crippen LogP contribution >= 0.6 is 0 Å². The number of rotatable bonds is 2. The van der Waals surface area contributed by atoms with Crippen molar-refractivity contribution < 1.29 is 19.1 Å². The number of piperidine rings is 1. The highest BCUT2D eigenvalue weighted by Gasteiger charge is 2.44. The van der Waals surface area contributed by atoms with Gasteiger partial charge in [-0.05, 0) is 67.9 Å². The molecule has 1 spiro atoms. The van der Waals surface area contributed by atoms with Crippen LogP contribution in [0.3, 0.4) is 0 Å². The number of benzene rings is 1. The summed E-state index contributed by atoms with van der Waals surface area (Å²) < 4.78 is 5.60. The molecule has 2 aliphatic rings. The minimum atomic E-state index is -0.440. The number of hydrogen-bond acceptors (Lipinski definition) is 4. The largest absolute Gasteiger partial charge is 0.430 e. The number of allylic oxidation sites excluding steroid dienone is 2. The van der Waals surface area contributed by atoms with Crippen molar-refractivity contribution >= 4 is 23.4 Å². The molecular formula is C24H28N2O4. The lowest BCUT2D eigenvalue weighted by Gasteiger charge is -2.43. The number of ether oxygens (including phenoxy) is 1. The topological polar surface area (TPSA) is 89.7 Å². The van der Waals surface area contributed by atoms with Crippen LogP contribution in [0.25, 0.3) is 5.57 Å². The van der Waals surface area contributed by atoms with Gasteiger partial charge in [-0.25, -0.2) is 4.79 Å². The highest BCUT2D eigenvalue weighted by atomic mass is 16.5. The summed E-state index contributed by atoms with van der Waals surface area (Å²) >= 11 is 0. The normalized spacial score (nSPS) is 18.1. The molecule has 0 aromatic heterocycles. The maximum Gasteiger partial charge on any atom is 0.314 e. The zero-order valence-corrected chi connectivity index (χ0v) is 18.1. The number of carbonyl (C=O) groups is 3. The monoisotopic (exact) mass is 408 g/mol. The van der Waals surface area contributed by atoms with Crippen LogP contribution in [-0.2, 0) is 14.3 Å². The van der Waals surface area contributed by atoms with E-state index in [0.29, 0.717) is 50.1 Å². The fraction of sp³-hybridized carbons (Fsp3) is 0.458. The van der Waals surface area contributed by atoms with Crippen molar-refractivity contribution in [3.63, 3.8) is 0 Å². The first-order chi connectivity index (χ1) is 14.2. The van der Waals surface area contributed by atoms with Gasteiger partial charge in [-0.15, -0.1) is 5.92 Å². The minimum Gasteiger partial charge on any atom is -0.430 e. The van der Waals surface area contributed by atoms with E-state index in [2.05, 4.69) is 11.8 Å². The minimum absolute atomic E-state index is 0.0226. The van der Waals surface area contributed by atoms with Crippen molar-refractivity contribution in [2.45, 2.75) is 53.4 Å². The average molecular weight is 408 g/mol. The Morgan fingerprint density at radius 2 is 1.73 bits per heavy atom. The van der Waals surface area contributed by atoms with E-state index in [0.717, 1.165) is 22.3 Å². The van der Waals surface area contributed by atoms with Gasteiger partial charge in [0.25, 0.3) is 0 Å². The summed E-state index contributed by atoms with van der Waals surface area (Å²) in [6, 6.07) is 3.48. The van der Waals surface area contributed by atoms with Crippen LogP contribution < -0.4 is 5.73 Å². The zero-order valence-electron chi connectivity index (χ0n) is 18.1. The number of nitrogens with two attached hydrogens (primary N) is 1. The number of urea groups is 1. The van der Waals surface area contributed by atoms with Crippen molar-refractivity contribution in [1.29, 1.82) is 0 Å². The average Bonchev–Trinajstić information content (AvgIpc) is 2.63. The van der Waals surface area contributed by atoms with Crippen molar-refractivity contribution in [3.8, 4) is 11.8 Å². The van der Waals surface area contributed by atoms with Gasteiger partial charge in [0.1, 0.15) is 5.76 Å². The summed E-state index contributed by atoms with van der Waals surface area (Å²) in [7, 11) is 0. The second kappa shape index (κ2) is 8.35. The molecule has 1 aliphatic heterocycles. The van der Waals surface area contributed by atoms with Crippen LogP contribution in [-0.4, -0.2) is 35.8 Å². The molecule has 0 atom stereocenters. The van der Waals surface area contributed by atoms with Gasteiger partial charge < -0.3 is 15.4 Å². The number of esters is 1. The Bertz CT molecular complexity index is 979. The number of carbonyl (C=O) groups excluding carboxylic acids is 3. The standard InChI is InChI=1S/C24H28N2O4/c1-5-6-18-11-15(2)21(16(3)12-18)22-19(28)13-24(14-20(22)30-17(4)27)7-9-26(10-8-24)23(25)29/h11-12H,7-10,13-14H2,1-4H3,(H2,25,29). The van der Waals surface area contributed by atoms with Crippen molar-refractivity contribution in [2.75, 3.05) is 13.1 Å². The number of hydrogen-bond donors (Lipinski definition) is 1. The van der Waals surface area contributed by atoms with E-state index in [9.17, 15) is 14.4 Å². The molecule has 0 saturated carbocycles. The molecule has 2 amide bonds. The molecular weight excluding hydrogens is 380 g/mol. The number of nitrogens with zero attached hydrogens (tertiary/aromatic N) is 1. The van der Waals surface area contributed by atoms with E-state index in [1.165, 1.54) is 6.92 Å². The first-order valence-corrected chi connectivity index (χ1v) is 10.2. The molecule has 6 heteroatoms. The zero-order chi connectivity index (χ0) is 22.1. The molecule has 0 unspecified atom stereocenters. The third kappa shape index (κ3) is 4.25. The SMILES string of the molecule is CC#Cc1cc(C)c(C2=C(OC(C)=O)CC3(CCN(C(N)=O)CC3)CC2=O)c(C)c1. The van der Waals surface area contributed by atoms with Crippen LogP contribution in [0.15, 0.2) is 17.9 Å². The van der Waals surface area contributed by atoms with Gasteiger partial charge in [-0.2, -0.15) is 0 Å². The Kier molecular flexibility index (Phi) is 6.02. The molecule has 0 radical (unpaired) electrons. The molecule has 158 valence electrons. The maximum absolute atomic E-state index is 13.4. The van der Waals surface area contributed by atoms with Crippen LogP contribution in [0.2, 0.25) is 0 Å². The van der Waals surface area contributed by atoms with Gasteiger partial charge in [-0.3, -0.25) is 9.59 Å². The molecule has 1 aromatic rings. The molecule has 3 rings (SSSR count).